The van der Waals surface area contributed by atoms with Crippen LogP contribution in [0.15, 0.2) is 47.2 Å². The summed E-state index contributed by atoms with van der Waals surface area (Å²) in [6.45, 7) is 0. The average molecular weight is 331 g/mol. The van der Waals surface area contributed by atoms with E-state index in [1.807, 2.05) is 30.3 Å². The molecule has 0 atom stereocenters. The molecular weight excluding hydrogens is 320 g/mol. The predicted octanol–water partition coefficient (Wildman–Crippen LogP) is 2.53. The third-order valence-electron chi connectivity index (χ3n) is 2.67. The first kappa shape index (κ1) is 12.7. The lowest BCUT2D eigenvalue weighted by atomic mass is 10.2. The fraction of sp³-hybridized carbons (Fsp3) is 0.0769. The molecule has 0 radical (unpaired) electrons. The lowest BCUT2D eigenvalue weighted by Crippen LogP contribution is -2.08. The molecule has 0 aliphatic rings. The fourth-order valence-corrected chi connectivity index (χ4v) is 2.19. The van der Waals surface area contributed by atoms with Gasteiger partial charge in [0.1, 0.15) is 0 Å². The van der Waals surface area contributed by atoms with Crippen LogP contribution in [0.4, 0.5) is 5.95 Å². The van der Waals surface area contributed by atoms with Crippen LogP contribution in [0.25, 0.3) is 17.3 Å². The monoisotopic (exact) mass is 330 g/mol. The van der Waals surface area contributed by atoms with E-state index in [4.69, 9.17) is 0 Å². The molecule has 0 amide bonds. The van der Waals surface area contributed by atoms with Crippen molar-refractivity contribution in [2.75, 3.05) is 12.4 Å². The summed E-state index contributed by atoms with van der Waals surface area (Å²) >= 11 is 3.51. The maximum Gasteiger partial charge on any atom is 0.255 e. The van der Waals surface area contributed by atoms with Gasteiger partial charge in [-0.2, -0.15) is 20.1 Å². The van der Waals surface area contributed by atoms with Crippen LogP contribution in [0.1, 0.15) is 0 Å². The van der Waals surface area contributed by atoms with E-state index in [2.05, 4.69) is 41.3 Å². The fourth-order valence-electron chi connectivity index (χ4n) is 1.73. The van der Waals surface area contributed by atoms with Crippen molar-refractivity contribution in [1.82, 2.24) is 24.7 Å². The second-order valence-electron chi connectivity index (χ2n) is 3.96. The molecule has 3 rings (SSSR count). The van der Waals surface area contributed by atoms with Gasteiger partial charge >= 0.3 is 0 Å². The molecule has 3 aromatic rings. The minimum atomic E-state index is 0.472. The van der Waals surface area contributed by atoms with Gasteiger partial charge in [-0.1, -0.05) is 34.1 Å². The average Bonchev–Trinajstić information content (AvgIpc) is 3.01. The molecule has 0 aliphatic carbocycles. The number of rotatable bonds is 3. The summed E-state index contributed by atoms with van der Waals surface area (Å²) < 4.78 is 2.53. The molecule has 2 aromatic heterocycles. The van der Waals surface area contributed by atoms with Gasteiger partial charge in [-0.05, 0) is 12.1 Å². The Morgan fingerprint density at radius 3 is 2.65 bits per heavy atom. The summed E-state index contributed by atoms with van der Waals surface area (Å²) in [6, 6.07) is 9.61. The maximum absolute atomic E-state index is 4.46. The first-order chi connectivity index (χ1) is 9.78. The summed E-state index contributed by atoms with van der Waals surface area (Å²) in [5, 5.41) is 7.08. The van der Waals surface area contributed by atoms with E-state index in [0.29, 0.717) is 17.7 Å². The van der Waals surface area contributed by atoms with Gasteiger partial charge < -0.3 is 5.32 Å². The van der Waals surface area contributed by atoms with Crippen LogP contribution in [0, 0.1) is 0 Å². The molecule has 6 nitrogen and oxygen atoms in total. The predicted molar refractivity (Wildman–Crippen MR) is 79.6 cm³/mol. The van der Waals surface area contributed by atoms with Crippen LogP contribution in [0.5, 0.6) is 0 Å². The van der Waals surface area contributed by atoms with E-state index in [9.17, 15) is 0 Å². The Morgan fingerprint density at radius 1 is 1.10 bits per heavy atom. The van der Waals surface area contributed by atoms with Crippen molar-refractivity contribution in [3.05, 3.63) is 47.2 Å². The standard InChI is InChI=1S/C13H11BrN6/c1-15-12-17-11(9-5-2-3-6-10(9)14)18-13(19-12)20-8-4-7-16-20/h2-8H,1H3,(H,15,17,18,19). The van der Waals surface area contributed by atoms with Gasteiger partial charge in [0.05, 0.1) is 0 Å². The summed E-state index contributed by atoms with van der Waals surface area (Å²) in [4.78, 5) is 13.2. The molecule has 20 heavy (non-hydrogen) atoms. The van der Waals surface area contributed by atoms with Crippen molar-refractivity contribution in [2.45, 2.75) is 0 Å². The van der Waals surface area contributed by atoms with Crippen molar-refractivity contribution in [3.8, 4) is 17.3 Å². The summed E-state index contributed by atoms with van der Waals surface area (Å²) in [5.41, 5.74) is 0.903. The Labute approximate surface area is 124 Å². The lowest BCUT2D eigenvalue weighted by molar-refractivity contribution is 0.799. The molecular formula is C13H11BrN6. The molecule has 0 unspecified atom stereocenters. The Morgan fingerprint density at radius 2 is 1.95 bits per heavy atom. The molecule has 0 saturated heterocycles. The number of hydrogen-bond donors (Lipinski definition) is 1. The topological polar surface area (TPSA) is 68.5 Å². The molecule has 0 saturated carbocycles. The zero-order valence-electron chi connectivity index (χ0n) is 10.7. The molecule has 1 N–H and O–H groups in total. The van der Waals surface area contributed by atoms with Crippen LogP contribution in [0.2, 0.25) is 0 Å². The van der Waals surface area contributed by atoms with E-state index in [1.165, 1.54) is 0 Å². The van der Waals surface area contributed by atoms with Gasteiger partial charge in [0.2, 0.25) is 5.95 Å². The Hall–Kier alpha value is -2.28. The number of halogens is 1. The van der Waals surface area contributed by atoms with Gasteiger partial charge in [-0.25, -0.2) is 4.68 Å². The van der Waals surface area contributed by atoms with Crippen LogP contribution in [-0.2, 0) is 0 Å². The largest absolute Gasteiger partial charge is 0.357 e. The second kappa shape index (κ2) is 5.38. The number of nitrogens with zero attached hydrogens (tertiary/aromatic N) is 5. The van der Waals surface area contributed by atoms with Gasteiger partial charge in [0.25, 0.3) is 5.95 Å². The molecule has 7 heteroatoms. The highest BCUT2D eigenvalue weighted by atomic mass is 79.9. The minimum absolute atomic E-state index is 0.472. The number of benzene rings is 1. The van der Waals surface area contributed by atoms with Crippen LogP contribution < -0.4 is 5.32 Å². The van der Waals surface area contributed by atoms with Crippen LogP contribution >= 0.6 is 15.9 Å². The van der Waals surface area contributed by atoms with Gasteiger partial charge in [-0.15, -0.1) is 0 Å². The Kier molecular flexibility index (Phi) is 3.42. The van der Waals surface area contributed by atoms with Crippen molar-refractivity contribution in [2.24, 2.45) is 0 Å². The lowest BCUT2D eigenvalue weighted by Gasteiger charge is -2.07. The van der Waals surface area contributed by atoms with Gasteiger partial charge in [-0.3, -0.25) is 0 Å². The van der Waals surface area contributed by atoms with Crippen molar-refractivity contribution < 1.29 is 0 Å². The first-order valence-electron chi connectivity index (χ1n) is 5.96. The molecule has 0 spiro atoms. The minimum Gasteiger partial charge on any atom is -0.357 e. The smallest absolute Gasteiger partial charge is 0.255 e. The second-order valence-corrected chi connectivity index (χ2v) is 4.82. The molecule has 0 fully saturated rings. The van der Waals surface area contributed by atoms with E-state index in [1.54, 1.807) is 24.1 Å². The zero-order valence-corrected chi connectivity index (χ0v) is 12.2. The van der Waals surface area contributed by atoms with E-state index in [-0.39, 0.29) is 0 Å². The number of nitrogens with one attached hydrogen (secondary N) is 1. The third-order valence-corrected chi connectivity index (χ3v) is 3.36. The van der Waals surface area contributed by atoms with Crippen molar-refractivity contribution in [3.63, 3.8) is 0 Å². The number of hydrogen-bond acceptors (Lipinski definition) is 5. The van der Waals surface area contributed by atoms with Crippen molar-refractivity contribution in [1.29, 1.82) is 0 Å². The van der Waals surface area contributed by atoms with Gasteiger partial charge in [0, 0.05) is 29.5 Å². The summed E-state index contributed by atoms with van der Waals surface area (Å²) in [6.07, 6.45) is 3.47. The normalized spacial score (nSPS) is 10.5. The molecule has 1 aromatic carbocycles. The quantitative estimate of drug-likeness (QED) is 0.799. The molecule has 0 aliphatic heterocycles. The number of aromatic nitrogens is 5. The molecule has 0 bridgehead atoms. The van der Waals surface area contributed by atoms with Crippen LogP contribution in [-0.4, -0.2) is 31.8 Å². The zero-order chi connectivity index (χ0) is 13.9. The highest BCUT2D eigenvalue weighted by Crippen LogP contribution is 2.25. The summed E-state index contributed by atoms with van der Waals surface area (Å²) in [7, 11) is 1.77. The number of anilines is 1. The molecule has 100 valence electrons. The van der Waals surface area contributed by atoms with E-state index >= 15 is 0 Å². The van der Waals surface area contributed by atoms with Crippen LogP contribution in [0.3, 0.4) is 0 Å². The molecule has 2 heterocycles. The summed E-state index contributed by atoms with van der Waals surface area (Å²) in [5.74, 6) is 1.55. The van der Waals surface area contributed by atoms with E-state index < -0.39 is 0 Å². The van der Waals surface area contributed by atoms with E-state index in [0.717, 1.165) is 10.0 Å². The highest BCUT2D eigenvalue weighted by molar-refractivity contribution is 9.10. The highest BCUT2D eigenvalue weighted by Gasteiger charge is 2.11. The van der Waals surface area contributed by atoms with Crippen molar-refractivity contribution >= 4 is 21.9 Å². The third kappa shape index (κ3) is 2.39. The first-order valence-corrected chi connectivity index (χ1v) is 6.76. The van der Waals surface area contributed by atoms with Gasteiger partial charge in [0.15, 0.2) is 5.82 Å². The maximum atomic E-state index is 4.46. The SMILES string of the molecule is CNc1nc(-c2ccccc2Br)nc(-n2cccn2)n1. The Bertz CT molecular complexity index is 725. The Balaban J connectivity index is 2.17.